The second-order valence-corrected chi connectivity index (χ2v) is 5.33. The highest BCUT2D eigenvalue weighted by atomic mass is 16.2. The summed E-state index contributed by atoms with van der Waals surface area (Å²) in [6, 6.07) is 15.9. The highest BCUT2D eigenvalue weighted by Gasteiger charge is 2.20. The van der Waals surface area contributed by atoms with Crippen LogP contribution in [-0.4, -0.2) is 18.5 Å². The van der Waals surface area contributed by atoms with E-state index in [0.717, 1.165) is 12.0 Å². The fourth-order valence-corrected chi connectivity index (χ4v) is 2.44. The van der Waals surface area contributed by atoms with Gasteiger partial charge in [-0.25, -0.2) is 4.79 Å². The van der Waals surface area contributed by atoms with E-state index in [-0.39, 0.29) is 0 Å². The van der Waals surface area contributed by atoms with Gasteiger partial charge in [-0.15, -0.1) is 0 Å². The number of aryl methyl sites for hydroxylation is 1. The maximum absolute atomic E-state index is 12.2. The third-order valence-electron chi connectivity index (χ3n) is 3.65. The van der Waals surface area contributed by atoms with Crippen LogP contribution in [0, 0.1) is 6.92 Å². The van der Waals surface area contributed by atoms with E-state index in [2.05, 4.69) is 29.7 Å². The fourth-order valence-electron chi connectivity index (χ4n) is 2.44. The maximum atomic E-state index is 12.2. The summed E-state index contributed by atoms with van der Waals surface area (Å²) in [4.78, 5) is 23.1. The first-order chi connectivity index (χ1) is 11.1. The number of nitrogens with two attached hydrogens (primary N) is 1. The first kappa shape index (κ1) is 16.7. The number of imide groups is 1. The average Bonchev–Trinajstić information content (AvgIpc) is 2.53. The Labute approximate surface area is 135 Å². The van der Waals surface area contributed by atoms with Gasteiger partial charge in [0.25, 0.3) is 0 Å². The van der Waals surface area contributed by atoms with E-state index < -0.39 is 18.0 Å². The summed E-state index contributed by atoms with van der Waals surface area (Å²) in [6.07, 6.45) is 0.792. The standard InChI is InChI=1S/C18H21N3O2/c1-13-7-5-6-8-14(13)11-12-20-16(17(22)21-18(19)23)15-9-3-2-4-10-15/h2-10,16,20H,11-12H2,1H3,(H3,19,21,22,23)/t16-/m1/s1. The number of carbonyl (C=O) groups excluding carboxylic acids is 2. The lowest BCUT2D eigenvalue weighted by molar-refractivity contribution is -0.122. The minimum atomic E-state index is -0.850. The van der Waals surface area contributed by atoms with Crippen molar-refractivity contribution in [1.29, 1.82) is 0 Å². The molecule has 1 atom stereocenters. The lowest BCUT2D eigenvalue weighted by Gasteiger charge is -2.18. The van der Waals surface area contributed by atoms with Crippen LogP contribution in [0.4, 0.5) is 4.79 Å². The molecule has 0 saturated heterocycles. The third-order valence-corrected chi connectivity index (χ3v) is 3.65. The zero-order chi connectivity index (χ0) is 16.7. The van der Waals surface area contributed by atoms with Gasteiger partial charge >= 0.3 is 6.03 Å². The molecule has 0 fully saturated rings. The Morgan fingerprint density at radius 3 is 2.35 bits per heavy atom. The molecule has 0 aliphatic carbocycles. The molecular weight excluding hydrogens is 290 g/mol. The Morgan fingerprint density at radius 2 is 1.70 bits per heavy atom. The zero-order valence-electron chi connectivity index (χ0n) is 13.1. The van der Waals surface area contributed by atoms with Gasteiger partial charge in [-0.05, 0) is 30.0 Å². The number of carbonyl (C=O) groups is 2. The number of urea groups is 1. The average molecular weight is 311 g/mol. The summed E-state index contributed by atoms with van der Waals surface area (Å²) in [6.45, 7) is 2.67. The molecule has 5 heteroatoms. The number of hydrogen-bond acceptors (Lipinski definition) is 3. The first-order valence-corrected chi connectivity index (χ1v) is 7.51. The monoisotopic (exact) mass is 311 g/mol. The summed E-state index contributed by atoms with van der Waals surface area (Å²) in [5, 5.41) is 5.34. The van der Waals surface area contributed by atoms with Crippen LogP contribution in [0.3, 0.4) is 0 Å². The summed E-state index contributed by atoms with van der Waals surface area (Å²) in [5.41, 5.74) is 8.28. The minimum absolute atomic E-state index is 0.450. The van der Waals surface area contributed by atoms with Gasteiger partial charge in [0, 0.05) is 6.54 Å². The number of hydrogen-bond donors (Lipinski definition) is 3. The van der Waals surface area contributed by atoms with Crippen LogP contribution in [0.25, 0.3) is 0 Å². The van der Waals surface area contributed by atoms with E-state index in [0.29, 0.717) is 6.54 Å². The van der Waals surface area contributed by atoms with Crippen LogP contribution >= 0.6 is 0 Å². The Hall–Kier alpha value is -2.66. The Morgan fingerprint density at radius 1 is 1.04 bits per heavy atom. The molecule has 2 rings (SSSR count). The molecule has 2 aromatic rings. The van der Waals surface area contributed by atoms with Crippen molar-refractivity contribution in [2.45, 2.75) is 19.4 Å². The maximum Gasteiger partial charge on any atom is 0.318 e. The van der Waals surface area contributed by atoms with Gasteiger partial charge in [-0.1, -0.05) is 54.6 Å². The van der Waals surface area contributed by atoms with Crippen molar-refractivity contribution in [3.05, 3.63) is 71.3 Å². The predicted molar refractivity (Wildman–Crippen MR) is 89.8 cm³/mol. The molecule has 0 spiro atoms. The Balaban J connectivity index is 2.04. The van der Waals surface area contributed by atoms with Crippen LogP contribution in [0.15, 0.2) is 54.6 Å². The minimum Gasteiger partial charge on any atom is -0.351 e. The van der Waals surface area contributed by atoms with E-state index in [1.165, 1.54) is 11.1 Å². The smallest absolute Gasteiger partial charge is 0.318 e. The molecule has 0 saturated carbocycles. The molecule has 5 nitrogen and oxygen atoms in total. The van der Waals surface area contributed by atoms with Crippen molar-refractivity contribution in [2.24, 2.45) is 5.73 Å². The zero-order valence-corrected chi connectivity index (χ0v) is 13.1. The van der Waals surface area contributed by atoms with Gasteiger partial charge in [0.15, 0.2) is 0 Å². The molecule has 2 aromatic carbocycles. The largest absolute Gasteiger partial charge is 0.351 e. The third kappa shape index (κ3) is 4.93. The molecule has 0 aliphatic rings. The fraction of sp³-hybridized carbons (Fsp3) is 0.222. The van der Waals surface area contributed by atoms with Gasteiger partial charge in [0.2, 0.25) is 5.91 Å². The number of rotatable bonds is 6. The molecule has 4 N–H and O–H groups in total. The van der Waals surface area contributed by atoms with Crippen molar-refractivity contribution >= 4 is 11.9 Å². The molecule has 0 aliphatic heterocycles. The molecule has 3 amide bonds. The summed E-state index contributed by atoms with van der Waals surface area (Å²) in [5.74, 6) is -0.450. The Bertz CT molecular complexity index is 671. The second-order valence-electron chi connectivity index (χ2n) is 5.33. The first-order valence-electron chi connectivity index (χ1n) is 7.51. The van der Waals surface area contributed by atoms with Crippen molar-refractivity contribution in [3.63, 3.8) is 0 Å². The van der Waals surface area contributed by atoms with Gasteiger partial charge in [0.1, 0.15) is 6.04 Å². The van der Waals surface area contributed by atoms with Crippen molar-refractivity contribution in [1.82, 2.24) is 10.6 Å². The number of nitrogens with one attached hydrogen (secondary N) is 2. The van der Waals surface area contributed by atoms with E-state index in [9.17, 15) is 9.59 Å². The summed E-state index contributed by atoms with van der Waals surface area (Å²) in [7, 11) is 0. The van der Waals surface area contributed by atoms with Gasteiger partial charge in [0.05, 0.1) is 0 Å². The van der Waals surface area contributed by atoms with Crippen LogP contribution in [0.1, 0.15) is 22.7 Å². The van der Waals surface area contributed by atoms with Gasteiger partial charge < -0.3 is 11.1 Å². The molecule has 0 aromatic heterocycles. The van der Waals surface area contributed by atoms with E-state index in [1.54, 1.807) is 0 Å². The van der Waals surface area contributed by atoms with E-state index in [1.807, 2.05) is 42.5 Å². The predicted octanol–water partition coefficient (Wildman–Crippen LogP) is 2.06. The molecule has 0 bridgehead atoms. The van der Waals surface area contributed by atoms with Crippen LogP contribution in [0.5, 0.6) is 0 Å². The number of benzene rings is 2. The number of amides is 3. The highest BCUT2D eigenvalue weighted by Crippen LogP contribution is 2.13. The quantitative estimate of drug-likeness (QED) is 0.763. The molecular formula is C18H21N3O2. The molecule has 23 heavy (non-hydrogen) atoms. The van der Waals surface area contributed by atoms with Crippen LogP contribution < -0.4 is 16.4 Å². The Kier molecular flexibility index (Phi) is 5.88. The molecule has 120 valence electrons. The lowest BCUT2D eigenvalue weighted by Crippen LogP contribution is -2.43. The normalized spacial score (nSPS) is 11.7. The van der Waals surface area contributed by atoms with Crippen molar-refractivity contribution < 1.29 is 9.59 Å². The summed E-state index contributed by atoms with van der Waals surface area (Å²) >= 11 is 0. The van der Waals surface area contributed by atoms with Crippen molar-refractivity contribution in [2.75, 3.05) is 6.54 Å². The SMILES string of the molecule is Cc1ccccc1CCN[C@@H](C(=O)NC(N)=O)c1ccccc1. The van der Waals surface area contributed by atoms with Crippen molar-refractivity contribution in [3.8, 4) is 0 Å². The van der Waals surface area contributed by atoms with E-state index >= 15 is 0 Å². The highest BCUT2D eigenvalue weighted by molar-refractivity contribution is 5.96. The molecule has 0 radical (unpaired) electrons. The second kappa shape index (κ2) is 8.10. The number of primary amides is 1. The molecule has 0 unspecified atom stereocenters. The van der Waals surface area contributed by atoms with Gasteiger partial charge in [-0.3, -0.25) is 10.1 Å². The lowest BCUT2D eigenvalue weighted by atomic mass is 10.0. The van der Waals surface area contributed by atoms with E-state index in [4.69, 9.17) is 5.73 Å². The molecule has 0 heterocycles. The van der Waals surface area contributed by atoms with Crippen LogP contribution in [-0.2, 0) is 11.2 Å². The van der Waals surface area contributed by atoms with Gasteiger partial charge in [-0.2, -0.15) is 0 Å². The topological polar surface area (TPSA) is 84.2 Å². The summed E-state index contributed by atoms with van der Waals surface area (Å²) < 4.78 is 0. The van der Waals surface area contributed by atoms with Crippen LogP contribution in [0.2, 0.25) is 0 Å².